The summed E-state index contributed by atoms with van der Waals surface area (Å²) in [4.78, 5) is 17.8. The van der Waals surface area contributed by atoms with E-state index in [0.717, 1.165) is 53.8 Å². The summed E-state index contributed by atoms with van der Waals surface area (Å²) in [6.07, 6.45) is -1.49. The van der Waals surface area contributed by atoms with Crippen molar-refractivity contribution in [3.63, 3.8) is 0 Å². The topological polar surface area (TPSA) is 106 Å². The molecule has 216 valence electrons. The van der Waals surface area contributed by atoms with Gasteiger partial charge in [-0.05, 0) is 74.0 Å². The van der Waals surface area contributed by atoms with Crippen LogP contribution in [0.1, 0.15) is 18.4 Å². The van der Waals surface area contributed by atoms with Crippen molar-refractivity contribution in [2.75, 3.05) is 18.4 Å². The number of ether oxygens (including phenoxy) is 2. The van der Waals surface area contributed by atoms with Gasteiger partial charge in [0.15, 0.2) is 0 Å². The number of carboxylic acids is 1. The van der Waals surface area contributed by atoms with Crippen LogP contribution in [-0.4, -0.2) is 46.4 Å². The second kappa shape index (κ2) is 13.5. The first-order chi connectivity index (χ1) is 19.6. The van der Waals surface area contributed by atoms with Crippen LogP contribution in [0, 0.1) is 5.82 Å². The van der Waals surface area contributed by atoms with Gasteiger partial charge in [0.25, 0.3) is 0 Å². The number of alkyl halides is 3. The van der Waals surface area contributed by atoms with Crippen molar-refractivity contribution in [3.05, 3.63) is 83.4 Å². The van der Waals surface area contributed by atoms with Gasteiger partial charge < -0.3 is 25.2 Å². The summed E-state index contributed by atoms with van der Waals surface area (Å²) in [5.74, 6) is -1.15. The van der Waals surface area contributed by atoms with Gasteiger partial charge in [-0.2, -0.15) is 13.2 Å². The lowest BCUT2D eigenvalue weighted by molar-refractivity contribution is -0.192. The molecule has 13 heteroatoms. The van der Waals surface area contributed by atoms with E-state index in [4.69, 9.17) is 31.0 Å². The third kappa shape index (κ3) is 8.41. The fraction of sp³-hybridized carbons (Fsp3) is 0.250. The number of piperidine rings is 1. The fourth-order valence-electron chi connectivity index (χ4n) is 3.98. The van der Waals surface area contributed by atoms with Crippen LogP contribution in [0.25, 0.3) is 10.9 Å². The Morgan fingerprint density at radius 1 is 1.05 bits per heavy atom. The molecule has 41 heavy (non-hydrogen) atoms. The van der Waals surface area contributed by atoms with Gasteiger partial charge in [0.1, 0.15) is 42.2 Å². The molecule has 0 saturated carbocycles. The minimum absolute atomic E-state index is 0.156. The molecular weight excluding hydrogens is 568 g/mol. The Morgan fingerprint density at radius 2 is 1.78 bits per heavy atom. The van der Waals surface area contributed by atoms with Crippen LogP contribution in [0.3, 0.4) is 0 Å². The first-order valence-corrected chi connectivity index (χ1v) is 12.8. The number of aliphatic carboxylic acids is 1. The van der Waals surface area contributed by atoms with Crippen molar-refractivity contribution in [1.82, 2.24) is 15.3 Å². The number of carbonyl (C=O) groups is 1. The van der Waals surface area contributed by atoms with E-state index in [0.29, 0.717) is 16.6 Å². The molecule has 1 aliphatic heterocycles. The van der Waals surface area contributed by atoms with Crippen molar-refractivity contribution >= 4 is 40.0 Å². The number of carboxylic acid groups (broad SMARTS) is 1. The lowest BCUT2D eigenvalue weighted by Crippen LogP contribution is -2.34. The van der Waals surface area contributed by atoms with Crippen molar-refractivity contribution < 1.29 is 36.9 Å². The highest BCUT2D eigenvalue weighted by molar-refractivity contribution is 6.32. The Morgan fingerprint density at radius 3 is 2.46 bits per heavy atom. The number of nitrogens with zero attached hydrogens (tertiary/aromatic N) is 2. The summed E-state index contributed by atoms with van der Waals surface area (Å²) in [5.41, 5.74) is 2.27. The summed E-state index contributed by atoms with van der Waals surface area (Å²) < 4.78 is 57.2. The van der Waals surface area contributed by atoms with Crippen LogP contribution >= 0.6 is 11.6 Å². The Hall–Kier alpha value is -4.16. The number of anilines is 2. The molecule has 0 bridgehead atoms. The summed E-state index contributed by atoms with van der Waals surface area (Å²) in [7, 11) is 0. The van der Waals surface area contributed by atoms with Crippen LogP contribution in [0.2, 0.25) is 5.02 Å². The normalized spacial score (nSPS) is 13.7. The average Bonchev–Trinajstić information content (AvgIpc) is 2.93. The van der Waals surface area contributed by atoms with Crippen molar-refractivity contribution in [3.8, 4) is 11.5 Å². The van der Waals surface area contributed by atoms with E-state index >= 15 is 0 Å². The molecule has 0 unspecified atom stereocenters. The molecule has 0 aliphatic carbocycles. The Labute approximate surface area is 237 Å². The quantitative estimate of drug-likeness (QED) is 0.209. The molecule has 3 N–H and O–H groups in total. The zero-order chi connectivity index (χ0) is 29.4. The number of benzene rings is 3. The number of hydrogen-bond acceptors (Lipinski definition) is 7. The molecule has 1 saturated heterocycles. The van der Waals surface area contributed by atoms with Gasteiger partial charge in [0.05, 0.1) is 15.9 Å². The maximum atomic E-state index is 13.4. The van der Waals surface area contributed by atoms with Crippen molar-refractivity contribution in [1.29, 1.82) is 0 Å². The van der Waals surface area contributed by atoms with E-state index in [1.165, 1.54) is 18.5 Å². The molecule has 8 nitrogen and oxygen atoms in total. The monoisotopic (exact) mass is 592 g/mol. The first-order valence-electron chi connectivity index (χ1n) is 12.4. The van der Waals surface area contributed by atoms with Crippen molar-refractivity contribution in [2.24, 2.45) is 0 Å². The molecule has 3 aromatic carbocycles. The molecule has 0 atom stereocenters. The number of rotatable bonds is 7. The number of aromatic nitrogens is 2. The van der Waals surface area contributed by atoms with Gasteiger partial charge in [-0.15, -0.1) is 0 Å². The van der Waals surface area contributed by atoms with Crippen molar-refractivity contribution in [2.45, 2.75) is 31.7 Å². The number of halogens is 5. The highest BCUT2D eigenvalue weighted by Crippen LogP contribution is 2.35. The van der Waals surface area contributed by atoms with Gasteiger partial charge in [-0.25, -0.2) is 19.2 Å². The molecule has 5 rings (SSSR count). The predicted octanol–water partition coefficient (Wildman–Crippen LogP) is 6.51. The average molecular weight is 593 g/mol. The number of nitrogens with one attached hydrogen (secondary N) is 2. The first kappa shape index (κ1) is 29.8. The summed E-state index contributed by atoms with van der Waals surface area (Å²) in [6.45, 7) is 2.12. The zero-order valence-corrected chi connectivity index (χ0v) is 22.2. The lowest BCUT2D eigenvalue weighted by atomic mass is 10.1. The Bertz CT molecular complexity index is 1490. The van der Waals surface area contributed by atoms with Crippen LogP contribution < -0.4 is 20.1 Å². The SMILES string of the molecule is Fc1cccc(COc2ccc(Nc3ncnc4cccc(OC5CCNCC5)c34)cc2Cl)c1.O=C(O)C(F)(F)F. The van der Waals surface area contributed by atoms with E-state index in [-0.39, 0.29) is 18.5 Å². The standard InChI is InChI=1S/C26H24ClFN4O2.C2HF3O2/c27-21-14-19(7-8-23(21)33-15-17-3-1-4-18(28)13-17)32-26-25-22(30-16-31-26)5-2-6-24(25)34-20-9-11-29-12-10-20;3-2(4,5)1(6)7/h1-8,13-14,16,20,29H,9-12,15H2,(H,30,31,32);(H,6,7). The van der Waals surface area contributed by atoms with Crippen LogP contribution in [0.5, 0.6) is 11.5 Å². The largest absolute Gasteiger partial charge is 0.490 e. The Balaban J connectivity index is 0.000000493. The Kier molecular flexibility index (Phi) is 9.79. The predicted molar refractivity (Wildman–Crippen MR) is 145 cm³/mol. The van der Waals surface area contributed by atoms with Gasteiger partial charge in [-0.3, -0.25) is 0 Å². The molecule has 0 radical (unpaired) electrons. The second-order valence-corrected chi connectivity index (χ2v) is 9.34. The molecule has 1 aliphatic rings. The van der Waals surface area contributed by atoms with E-state index in [2.05, 4.69) is 20.6 Å². The maximum Gasteiger partial charge on any atom is 0.490 e. The van der Waals surface area contributed by atoms with Gasteiger partial charge >= 0.3 is 12.1 Å². The molecule has 1 aromatic heterocycles. The smallest absolute Gasteiger partial charge is 0.489 e. The van der Waals surface area contributed by atoms with Crippen LogP contribution in [0.15, 0.2) is 67.0 Å². The summed E-state index contributed by atoms with van der Waals surface area (Å²) in [6, 6.07) is 17.5. The van der Waals surface area contributed by atoms with Crippen LogP contribution in [0.4, 0.5) is 29.1 Å². The van der Waals surface area contributed by atoms with E-state index in [9.17, 15) is 17.6 Å². The zero-order valence-electron chi connectivity index (χ0n) is 21.4. The van der Waals surface area contributed by atoms with Crippen LogP contribution in [-0.2, 0) is 11.4 Å². The minimum atomic E-state index is -5.08. The third-order valence-electron chi connectivity index (χ3n) is 5.92. The number of fused-ring (bicyclic) bond motifs is 1. The maximum absolute atomic E-state index is 13.4. The van der Waals surface area contributed by atoms with Gasteiger partial charge in [0, 0.05) is 5.69 Å². The van der Waals surface area contributed by atoms with E-state index < -0.39 is 12.1 Å². The minimum Gasteiger partial charge on any atom is -0.489 e. The lowest BCUT2D eigenvalue weighted by Gasteiger charge is -2.24. The van der Waals surface area contributed by atoms with E-state index in [1.807, 2.05) is 24.3 Å². The fourth-order valence-corrected chi connectivity index (χ4v) is 4.22. The molecule has 4 aromatic rings. The number of hydrogen-bond donors (Lipinski definition) is 3. The third-order valence-corrected chi connectivity index (χ3v) is 6.22. The highest BCUT2D eigenvalue weighted by Gasteiger charge is 2.38. The molecule has 0 amide bonds. The highest BCUT2D eigenvalue weighted by atomic mass is 35.5. The van der Waals surface area contributed by atoms with Gasteiger partial charge in [0.2, 0.25) is 0 Å². The molecule has 0 spiro atoms. The summed E-state index contributed by atoms with van der Waals surface area (Å²) in [5, 5.41) is 15.1. The molecule has 2 heterocycles. The summed E-state index contributed by atoms with van der Waals surface area (Å²) >= 11 is 6.47. The second-order valence-electron chi connectivity index (χ2n) is 8.93. The van der Waals surface area contributed by atoms with Gasteiger partial charge in [-0.1, -0.05) is 29.8 Å². The molecule has 1 fully saturated rings. The molecular formula is C28H25ClF4N4O4. The van der Waals surface area contributed by atoms with E-state index in [1.54, 1.807) is 24.3 Å².